The van der Waals surface area contributed by atoms with Crippen LogP contribution in [-0.2, 0) is 15.5 Å². The van der Waals surface area contributed by atoms with Crippen LogP contribution < -0.4 is 0 Å². The van der Waals surface area contributed by atoms with E-state index in [2.05, 4.69) is 4.90 Å². The molecule has 4 nitrogen and oxygen atoms in total. The van der Waals surface area contributed by atoms with Crippen molar-refractivity contribution in [3.63, 3.8) is 0 Å². The molecule has 1 fully saturated rings. The molecule has 0 aromatic rings. The Balaban J connectivity index is 2.26. The van der Waals surface area contributed by atoms with E-state index in [0.29, 0.717) is 19.2 Å². The van der Waals surface area contributed by atoms with E-state index >= 15 is 0 Å². The zero-order valence-electron chi connectivity index (χ0n) is 12.0. The van der Waals surface area contributed by atoms with Gasteiger partial charge in [-0.25, -0.2) is 0 Å². The first-order valence-electron chi connectivity index (χ1n) is 6.65. The van der Waals surface area contributed by atoms with Gasteiger partial charge in [-0.1, -0.05) is 0 Å². The standard InChI is InChI=1S/C13H27NO3S/c1-13(2,3)17-10-12(15)9-14(4)11-5-7-18(16)8-6-11/h11-12,15H,5-10H2,1-4H3. The van der Waals surface area contributed by atoms with E-state index in [0.717, 1.165) is 24.3 Å². The Morgan fingerprint density at radius 3 is 2.44 bits per heavy atom. The van der Waals surface area contributed by atoms with Crippen LogP contribution in [0.4, 0.5) is 0 Å². The molecule has 0 spiro atoms. The molecule has 1 atom stereocenters. The quantitative estimate of drug-likeness (QED) is 0.815. The van der Waals surface area contributed by atoms with Gasteiger partial charge in [0.15, 0.2) is 0 Å². The maximum Gasteiger partial charge on any atom is 0.0900 e. The summed E-state index contributed by atoms with van der Waals surface area (Å²) in [5, 5.41) is 9.94. The summed E-state index contributed by atoms with van der Waals surface area (Å²) in [7, 11) is 1.41. The SMILES string of the molecule is CN(CC(O)COC(C)(C)C)C1CCS(=O)CC1. The van der Waals surface area contributed by atoms with Gasteiger partial charge in [0.2, 0.25) is 0 Å². The number of rotatable bonds is 5. The fraction of sp³-hybridized carbons (Fsp3) is 1.00. The average molecular weight is 277 g/mol. The highest BCUT2D eigenvalue weighted by molar-refractivity contribution is 7.85. The van der Waals surface area contributed by atoms with E-state index in [1.54, 1.807) is 0 Å². The molecule has 1 rings (SSSR count). The molecule has 0 radical (unpaired) electrons. The lowest BCUT2D eigenvalue weighted by Gasteiger charge is -2.32. The fourth-order valence-electron chi connectivity index (χ4n) is 2.10. The number of hydrogen-bond donors (Lipinski definition) is 1. The highest BCUT2D eigenvalue weighted by Gasteiger charge is 2.23. The summed E-state index contributed by atoms with van der Waals surface area (Å²) in [6.07, 6.45) is 1.48. The summed E-state index contributed by atoms with van der Waals surface area (Å²) in [4.78, 5) is 2.17. The molecule has 5 heteroatoms. The monoisotopic (exact) mass is 277 g/mol. The van der Waals surface area contributed by atoms with Crippen molar-refractivity contribution in [2.75, 3.05) is 31.7 Å². The molecule has 18 heavy (non-hydrogen) atoms. The Hall–Kier alpha value is 0.0300. The summed E-state index contributed by atoms with van der Waals surface area (Å²) >= 11 is 0. The van der Waals surface area contributed by atoms with Crippen LogP contribution in [0, 0.1) is 0 Å². The topological polar surface area (TPSA) is 49.8 Å². The second kappa shape index (κ2) is 6.98. The lowest BCUT2D eigenvalue weighted by atomic mass is 10.1. The first-order chi connectivity index (χ1) is 8.28. The third-order valence-corrected chi connectivity index (χ3v) is 4.57. The molecule has 0 aromatic heterocycles. The van der Waals surface area contributed by atoms with Gasteiger partial charge in [-0.15, -0.1) is 0 Å². The van der Waals surface area contributed by atoms with Gasteiger partial charge in [-0.05, 0) is 40.7 Å². The van der Waals surface area contributed by atoms with Crippen LogP contribution in [0.5, 0.6) is 0 Å². The number of aliphatic hydroxyl groups excluding tert-OH is 1. The zero-order valence-corrected chi connectivity index (χ0v) is 12.8. The van der Waals surface area contributed by atoms with Gasteiger partial charge >= 0.3 is 0 Å². The van der Waals surface area contributed by atoms with Crippen LogP contribution in [0.3, 0.4) is 0 Å². The highest BCUT2D eigenvalue weighted by Crippen LogP contribution is 2.15. The Kier molecular flexibility index (Phi) is 6.24. The number of likely N-dealkylation sites (N-methyl/N-ethyl adjacent to an activating group) is 1. The minimum absolute atomic E-state index is 0.207. The molecule has 0 aromatic carbocycles. The van der Waals surface area contributed by atoms with Crippen molar-refractivity contribution >= 4 is 10.8 Å². The smallest absolute Gasteiger partial charge is 0.0900 e. The van der Waals surface area contributed by atoms with Gasteiger partial charge in [0.1, 0.15) is 0 Å². The first-order valence-corrected chi connectivity index (χ1v) is 8.14. The summed E-state index contributed by atoms with van der Waals surface area (Å²) in [6, 6.07) is 0.451. The number of ether oxygens (including phenoxy) is 1. The Labute approximate surface area is 113 Å². The average Bonchev–Trinajstić information content (AvgIpc) is 2.26. The molecule has 1 saturated heterocycles. The zero-order chi connectivity index (χ0) is 13.8. The predicted molar refractivity (Wildman–Crippen MR) is 75.2 cm³/mol. The van der Waals surface area contributed by atoms with Crippen molar-refractivity contribution in [2.24, 2.45) is 0 Å². The second-order valence-corrected chi connectivity index (χ2v) is 7.79. The summed E-state index contributed by atoms with van der Waals surface area (Å²) < 4.78 is 16.9. The van der Waals surface area contributed by atoms with Crippen molar-refractivity contribution in [1.82, 2.24) is 4.90 Å². The third kappa shape index (κ3) is 6.27. The molecule has 0 saturated carbocycles. The third-order valence-electron chi connectivity index (χ3n) is 3.19. The minimum Gasteiger partial charge on any atom is -0.389 e. The number of nitrogens with zero attached hydrogens (tertiary/aromatic N) is 1. The molecule has 0 bridgehead atoms. The molecule has 108 valence electrons. The van der Waals surface area contributed by atoms with Crippen molar-refractivity contribution < 1.29 is 14.1 Å². The predicted octanol–water partition coefficient (Wildman–Crippen LogP) is 1.01. The fourth-order valence-corrected chi connectivity index (χ4v) is 3.38. The number of aliphatic hydroxyl groups is 1. The van der Waals surface area contributed by atoms with Crippen LogP contribution in [-0.4, -0.2) is 63.7 Å². The van der Waals surface area contributed by atoms with E-state index in [1.165, 1.54) is 0 Å². The lowest BCUT2D eigenvalue weighted by Crippen LogP contribution is -2.43. The molecule has 1 N–H and O–H groups in total. The highest BCUT2D eigenvalue weighted by atomic mass is 32.2. The van der Waals surface area contributed by atoms with Gasteiger partial charge in [0.25, 0.3) is 0 Å². The van der Waals surface area contributed by atoms with E-state index in [4.69, 9.17) is 4.74 Å². The van der Waals surface area contributed by atoms with Gasteiger partial charge in [0.05, 0.1) is 18.3 Å². The lowest BCUT2D eigenvalue weighted by molar-refractivity contribution is -0.0571. The van der Waals surface area contributed by atoms with E-state index in [-0.39, 0.29) is 5.60 Å². The first kappa shape index (κ1) is 16.1. The summed E-state index contributed by atoms with van der Waals surface area (Å²) in [6.45, 7) is 6.94. The maximum atomic E-state index is 11.3. The Morgan fingerprint density at radius 1 is 1.39 bits per heavy atom. The van der Waals surface area contributed by atoms with Crippen LogP contribution in [0.15, 0.2) is 0 Å². The van der Waals surface area contributed by atoms with Crippen molar-refractivity contribution in [1.29, 1.82) is 0 Å². The molecule has 1 aliphatic rings. The van der Waals surface area contributed by atoms with Gasteiger partial charge in [0, 0.05) is 34.9 Å². The molecule has 1 aliphatic heterocycles. The van der Waals surface area contributed by atoms with Crippen LogP contribution in [0.25, 0.3) is 0 Å². The summed E-state index contributed by atoms with van der Waals surface area (Å²) in [5.41, 5.74) is -0.207. The van der Waals surface area contributed by atoms with Crippen LogP contribution in [0.1, 0.15) is 33.6 Å². The molecule has 0 amide bonds. The van der Waals surface area contributed by atoms with Crippen LogP contribution >= 0.6 is 0 Å². The van der Waals surface area contributed by atoms with Gasteiger partial charge < -0.3 is 14.7 Å². The molecule has 1 heterocycles. The second-order valence-electron chi connectivity index (χ2n) is 6.10. The minimum atomic E-state index is -0.619. The Bertz CT molecular complexity index is 268. The number of hydrogen-bond acceptors (Lipinski definition) is 4. The Morgan fingerprint density at radius 2 is 1.94 bits per heavy atom. The van der Waals surface area contributed by atoms with Gasteiger partial charge in [-0.2, -0.15) is 0 Å². The molecule has 0 aliphatic carbocycles. The van der Waals surface area contributed by atoms with E-state index < -0.39 is 16.9 Å². The van der Waals surface area contributed by atoms with Crippen LogP contribution in [0.2, 0.25) is 0 Å². The molecular weight excluding hydrogens is 250 g/mol. The molecular formula is C13H27NO3S. The van der Waals surface area contributed by atoms with E-state index in [1.807, 2.05) is 27.8 Å². The summed E-state index contributed by atoms with van der Waals surface area (Å²) in [5.74, 6) is 1.59. The van der Waals surface area contributed by atoms with Gasteiger partial charge in [-0.3, -0.25) is 4.21 Å². The normalized spacial score (nSPS) is 27.4. The van der Waals surface area contributed by atoms with Crippen molar-refractivity contribution in [3.05, 3.63) is 0 Å². The molecule has 1 unspecified atom stereocenters. The maximum absolute atomic E-state index is 11.3. The largest absolute Gasteiger partial charge is 0.389 e. The van der Waals surface area contributed by atoms with E-state index in [9.17, 15) is 9.32 Å². The van der Waals surface area contributed by atoms with Crippen molar-refractivity contribution in [3.8, 4) is 0 Å². The van der Waals surface area contributed by atoms with Crippen molar-refractivity contribution in [2.45, 2.75) is 51.4 Å².